The van der Waals surface area contributed by atoms with Crippen LogP contribution in [0.4, 0.5) is 4.39 Å². The second kappa shape index (κ2) is 5.29. The third-order valence-electron chi connectivity index (χ3n) is 2.75. The highest BCUT2D eigenvalue weighted by atomic mass is 32.2. The molecule has 1 aromatic rings. The molecule has 0 amide bonds. The molecule has 1 aliphatic carbocycles. The Bertz CT molecular complexity index is 517. The zero-order chi connectivity index (χ0) is 13.2. The number of hydrogen-bond acceptors (Lipinski definition) is 4. The molecule has 1 saturated carbocycles. The van der Waals surface area contributed by atoms with Gasteiger partial charge < -0.3 is 4.74 Å². The number of pyridine rings is 1. The summed E-state index contributed by atoms with van der Waals surface area (Å²) in [6, 6.07) is 2.42. The van der Waals surface area contributed by atoms with Gasteiger partial charge in [0.1, 0.15) is 0 Å². The number of hydrogen-bond donors (Lipinski definition) is 0. The Kier molecular flexibility index (Phi) is 3.94. The van der Waals surface area contributed by atoms with Gasteiger partial charge in [-0.1, -0.05) is 0 Å². The number of halogens is 1. The van der Waals surface area contributed by atoms with Crippen LogP contribution in [0.1, 0.15) is 12.8 Å². The minimum absolute atomic E-state index is 0.0495. The Hall–Kier alpha value is -1.05. The van der Waals surface area contributed by atoms with Gasteiger partial charge in [-0.15, -0.1) is 0 Å². The van der Waals surface area contributed by atoms with Crippen LogP contribution in [0.5, 0.6) is 0 Å². The van der Waals surface area contributed by atoms with E-state index in [1.807, 2.05) is 0 Å². The second-order valence-electron chi connectivity index (χ2n) is 4.13. The molecule has 1 aromatic heterocycles. The van der Waals surface area contributed by atoms with E-state index in [2.05, 4.69) is 4.98 Å². The molecule has 0 radical (unpaired) electrons. The SMILES string of the molecule is COCCN(C1CC1)S(=O)(=O)c1ncccc1F. The quantitative estimate of drug-likeness (QED) is 0.777. The van der Waals surface area contributed by atoms with Gasteiger partial charge in [-0.3, -0.25) is 0 Å². The summed E-state index contributed by atoms with van der Waals surface area (Å²) in [5.41, 5.74) is 0. The van der Waals surface area contributed by atoms with Crippen LogP contribution in [0.25, 0.3) is 0 Å². The van der Waals surface area contributed by atoms with Gasteiger partial charge >= 0.3 is 0 Å². The average Bonchev–Trinajstić information content (AvgIpc) is 3.14. The molecule has 0 saturated heterocycles. The van der Waals surface area contributed by atoms with Gasteiger partial charge in [0.25, 0.3) is 10.0 Å². The topological polar surface area (TPSA) is 59.5 Å². The molecule has 0 unspecified atom stereocenters. The second-order valence-corrected chi connectivity index (χ2v) is 5.94. The van der Waals surface area contributed by atoms with Crippen molar-refractivity contribution in [2.75, 3.05) is 20.3 Å². The lowest BCUT2D eigenvalue weighted by molar-refractivity contribution is 0.177. The Morgan fingerprint density at radius 2 is 2.28 bits per heavy atom. The van der Waals surface area contributed by atoms with Crippen molar-refractivity contribution in [1.82, 2.24) is 9.29 Å². The number of nitrogens with zero attached hydrogens (tertiary/aromatic N) is 2. The Balaban J connectivity index is 2.30. The third-order valence-corrected chi connectivity index (χ3v) is 4.63. The van der Waals surface area contributed by atoms with Crippen LogP contribution in [0.3, 0.4) is 0 Å². The van der Waals surface area contributed by atoms with E-state index in [1.54, 1.807) is 0 Å². The monoisotopic (exact) mass is 274 g/mol. The van der Waals surface area contributed by atoms with Crippen molar-refractivity contribution in [3.63, 3.8) is 0 Å². The van der Waals surface area contributed by atoms with Crippen molar-refractivity contribution in [2.24, 2.45) is 0 Å². The van der Waals surface area contributed by atoms with Gasteiger partial charge in [0.15, 0.2) is 5.82 Å². The number of aromatic nitrogens is 1. The summed E-state index contributed by atoms with van der Waals surface area (Å²) in [6.45, 7) is 0.504. The minimum Gasteiger partial charge on any atom is -0.383 e. The lowest BCUT2D eigenvalue weighted by atomic mass is 10.5. The fourth-order valence-corrected chi connectivity index (χ4v) is 3.36. The van der Waals surface area contributed by atoms with Gasteiger partial charge in [0.05, 0.1) is 6.61 Å². The molecular weight excluding hydrogens is 259 g/mol. The maximum atomic E-state index is 13.6. The molecule has 5 nitrogen and oxygen atoms in total. The molecule has 0 aliphatic heterocycles. The molecule has 1 fully saturated rings. The van der Waals surface area contributed by atoms with Crippen LogP contribution in [0.2, 0.25) is 0 Å². The number of sulfonamides is 1. The predicted octanol–water partition coefficient (Wildman–Crippen LogP) is 1.02. The summed E-state index contributed by atoms with van der Waals surface area (Å²) in [5.74, 6) is -0.819. The normalized spacial score (nSPS) is 16.2. The summed E-state index contributed by atoms with van der Waals surface area (Å²) in [4.78, 5) is 3.64. The Labute approximate surface area is 106 Å². The minimum atomic E-state index is -3.87. The van der Waals surface area contributed by atoms with E-state index < -0.39 is 20.9 Å². The Morgan fingerprint density at radius 1 is 1.56 bits per heavy atom. The summed E-state index contributed by atoms with van der Waals surface area (Å²) >= 11 is 0. The molecule has 0 spiro atoms. The molecule has 7 heteroatoms. The largest absolute Gasteiger partial charge is 0.383 e. The average molecular weight is 274 g/mol. The molecule has 18 heavy (non-hydrogen) atoms. The van der Waals surface area contributed by atoms with E-state index in [4.69, 9.17) is 4.74 Å². The highest BCUT2D eigenvalue weighted by Crippen LogP contribution is 2.31. The zero-order valence-electron chi connectivity index (χ0n) is 10.0. The molecule has 0 bridgehead atoms. The summed E-state index contributed by atoms with van der Waals surface area (Å²) < 4.78 is 44.3. The van der Waals surface area contributed by atoms with E-state index in [9.17, 15) is 12.8 Å². The first kappa shape index (κ1) is 13.4. The van der Waals surface area contributed by atoms with E-state index >= 15 is 0 Å². The molecular formula is C11H15FN2O3S. The predicted molar refractivity (Wildman–Crippen MR) is 63.0 cm³/mol. The number of methoxy groups -OCH3 is 1. The molecule has 0 aromatic carbocycles. The van der Waals surface area contributed by atoms with Gasteiger partial charge in [-0.05, 0) is 25.0 Å². The van der Waals surface area contributed by atoms with Crippen molar-refractivity contribution in [3.05, 3.63) is 24.1 Å². The highest BCUT2D eigenvalue weighted by molar-refractivity contribution is 7.89. The van der Waals surface area contributed by atoms with Crippen LogP contribution in [0, 0.1) is 5.82 Å². The van der Waals surface area contributed by atoms with Crippen molar-refractivity contribution < 1.29 is 17.5 Å². The van der Waals surface area contributed by atoms with E-state index in [0.29, 0.717) is 0 Å². The van der Waals surface area contributed by atoms with Crippen molar-refractivity contribution >= 4 is 10.0 Å². The first-order chi connectivity index (χ1) is 8.57. The molecule has 0 atom stereocenters. The Morgan fingerprint density at radius 3 is 2.83 bits per heavy atom. The first-order valence-corrected chi connectivity index (χ1v) is 7.12. The van der Waals surface area contributed by atoms with Crippen molar-refractivity contribution in [1.29, 1.82) is 0 Å². The smallest absolute Gasteiger partial charge is 0.263 e. The van der Waals surface area contributed by atoms with Crippen LogP contribution >= 0.6 is 0 Å². The fraction of sp³-hybridized carbons (Fsp3) is 0.545. The molecule has 1 heterocycles. The zero-order valence-corrected chi connectivity index (χ0v) is 10.9. The van der Waals surface area contributed by atoms with Crippen LogP contribution in [-0.2, 0) is 14.8 Å². The van der Waals surface area contributed by atoms with Gasteiger partial charge in [0, 0.05) is 25.9 Å². The molecule has 1 aliphatic rings. The number of rotatable bonds is 6. The van der Waals surface area contributed by atoms with E-state index in [1.165, 1.54) is 23.7 Å². The van der Waals surface area contributed by atoms with Crippen LogP contribution < -0.4 is 0 Å². The number of ether oxygens (including phenoxy) is 1. The first-order valence-electron chi connectivity index (χ1n) is 5.68. The highest BCUT2D eigenvalue weighted by Gasteiger charge is 2.39. The standard InChI is InChI=1S/C11H15FN2O3S/c1-17-8-7-14(9-4-5-9)18(15,16)11-10(12)3-2-6-13-11/h2-3,6,9H,4-5,7-8H2,1H3. The van der Waals surface area contributed by atoms with Crippen LogP contribution in [0.15, 0.2) is 23.4 Å². The third kappa shape index (κ3) is 2.68. The lowest BCUT2D eigenvalue weighted by Crippen LogP contribution is -2.36. The van der Waals surface area contributed by atoms with Crippen molar-refractivity contribution in [2.45, 2.75) is 23.9 Å². The molecule has 100 valence electrons. The van der Waals surface area contributed by atoms with E-state index in [0.717, 1.165) is 18.9 Å². The van der Waals surface area contributed by atoms with Gasteiger partial charge in [-0.25, -0.2) is 17.8 Å². The summed E-state index contributed by atoms with van der Waals surface area (Å²) in [7, 11) is -2.37. The maximum absolute atomic E-state index is 13.6. The van der Waals surface area contributed by atoms with Gasteiger partial charge in [0.2, 0.25) is 5.03 Å². The maximum Gasteiger partial charge on any atom is 0.263 e. The van der Waals surface area contributed by atoms with Crippen molar-refractivity contribution in [3.8, 4) is 0 Å². The van der Waals surface area contributed by atoms with Gasteiger partial charge in [-0.2, -0.15) is 4.31 Å². The summed E-state index contributed by atoms with van der Waals surface area (Å²) in [5, 5.41) is -0.506. The molecule has 0 N–H and O–H groups in total. The lowest BCUT2D eigenvalue weighted by Gasteiger charge is -2.20. The van der Waals surface area contributed by atoms with Crippen LogP contribution in [-0.4, -0.2) is 44.0 Å². The summed E-state index contributed by atoms with van der Waals surface area (Å²) in [6.07, 6.45) is 2.88. The molecule has 2 rings (SSSR count). The fourth-order valence-electron chi connectivity index (χ4n) is 1.71. The van der Waals surface area contributed by atoms with E-state index in [-0.39, 0.29) is 19.2 Å².